The summed E-state index contributed by atoms with van der Waals surface area (Å²) in [4.78, 5) is 12.5. The van der Waals surface area contributed by atoms with Gasteiger partial charge < -0.3 is 11.1 Å². The van der Waals surface area contributed by atoms with Crippen LogP contribution in [0.4, 0.5) is 0 Å². The molecule has 26 heavy (non-hydrogen) atoms. The van der Waals surface area contributed by atoms with Gasteiger partial charge in [0, 0.05) is 19.0 Å². The number of nitrogens with one attached hydrogen (secondary N) is 2. The number of carbonyl (C=O) groups is 1. The summed E-state index contributed by atoms with van der Waals surface area (Å²) in [6, 6.07) is 6.82. The summed E-state index contributed by atoms with van der Waals surface area (Å²) in [5.74, 6) is -0.0266. The summed E-state index contributed by atoms with van der Waals surface area (Å²) < 4.78 is 26.9. The fraction of sp³-hybridized carbons (Fsp3) is 0.611. The SMILES string of the molecule is CCC(CC)(CN)NC(=O)CCc1ccc(S(=O)(=O)NC2CC2)cc1.Cl. The molecular formula is C18H30ClN3O3S. The number of sulfonamides is 1. The second-order valence-corrected chi connectivity index (χ2v) is 8.49. The first-order chi connectivity index (χ1) is 11.8. The Morgan fingerprint density at radius 1 is 1.19 bits per heavy atom. The van der Waals surface area contributed by atoms with E-state index in [1.165, 1.54) is 0 Å². The lowest BCUT2D eigenvalue weighted by Crippen LogP contribution is -2.52. The Labute approximate surface area is 162 Å². The van der Waals surface area contributed by atoms with Gasteiger partial charge in [0.05, 0.1) is 10.4 Å². The summed E-state index contributed by atoms with van der Waals surface area (Å²) in [7, 11) is -3.42. The summed E-state index contributed by atoms with van der Waals surface area (Å²) in [6.45, 7) is 4.46. The maximum Gasteiger partial charge on any atom is 0.240 e. The third-order valence-corrected chi connectivity index (χ3v) is 6.46. The lowest BCUT2D eigenvalue weighted by atomic mass is 9.92. The smallest absolute Gasteiger partial charge is 0.240 e. The Morgan fingerprint density at radius 3 is 2.23 bits per heavy atom. The maximum absolute atomic E-state index is 12.2. The van der Waals surface area contributed by atoms with Crippen molar-refractivity contribution < 1.29 is 13.2 Å². The van der Waals surface area contributed by atoms with E-state index in [2.05, 4.69) is 10.0 Å². The van der Waals surface area contributed by atoms with Gasteiger partial charge in [0.15, 0.2) is 0 Å². The fourth-order valence-electron chi connectivity index (χ4n) is 2.71. The third kappa shape index (κ3) is 6.23. The first-order valence-corrected chi connectivity index (χ1v) is 10.4. The van der Waals surface area contributed by atoms with Gasteiger partial charge in [-0.1, -0.05) is 26.0 Å². The van der Waals surface area contributed by atoms with Crippen LogP contribution >= 0.6 is 12.4 Å². The van der Waals surface area contributed by atoms with Crippen molar-refractivity contribution in [1.29, 1.82) is 0 Å². The second-order valence-electron chi connectivity index (χ2n) is 6.78. The molecule has 0 heterocycles. The molecule has 0 unspecified atom stereocenters. The number of aryl methyl sites for hydroxylation is 1. The van der Waals surface area contributed by atoms with Crippen LogP contribution in [0.5, 0.6) is 0 Å². The second kappa shape index (κ2) is 9.69. The van der Waals surface area contributed by atoms with Gasteiger partial charge in [-0.15, -0.1) is 12.4 Å². The summed E-state index contributed by atoms with van der Waals surface area (Å²) in [5, 5.41) is 3.04. The van der Waals surface area contributed by atoms with Crippen LogP contribution < -0.4 is 15.8 Å². The molecule has 0 radical (unpaired) electrons. The highest BCUT2D eigenvalue weighted by molar-refractivity contribution is 7.89. The molecule has 1 aromatic rings. The number of benzene rings is 1. The highest BCUT2D eigenvalue weighted by Gasteiger charge is 2.28. The molecular weight excluding hydrogens is 374 g/mol. The third-order valence-electron chi connectivity index (χ3n) is 4.92. The summed E-state index contributed by atoms with van der Waals surface area (Å²) >= 11 is 0. The molecule has 1 amide bonds. The predicted octanol–water partition coefficient (Wildman–Crippen LogP) is 2.12. The molecule has 0 aromatic heterocycles. The quantitative estimate of drug-likeness (QED) is 0.556. The van der Waals surface area contributed by atoms with E-state index in [-0.39, 0.29) is 34.8 Å². The van der Waals surface area contributed by atoms with E-state index in [0.29, 0.717) is 19.4 Å². The molecule has 4 N–H and O–H groups in total. The van der Waals surface area contributed by atoms with Crippen molar-refractivity contribution in [3.05, 3.63) is 29.8 Å². The van der Waals surface area contributed by atoms with E-state index in [9.17, 15) is 13.2 Å². The average molecular weight is 404 g/mol. The van der Waals surface area contributed by atoms with E-state index in [0.717, 1.165) is 31.2 Å². The average Bonchev–Trinajstić information content (AvgIpc) is 3.41. The van der Waals surface area contributed by atoms with E-state index in [1.54, 1.807) is 24.3 Å². The van der Waals surface area contributed by atoms with Gasteiger partial charge >= 0.3 is 0 Å². The number of amides is 1. The van der Waals surface area contributed by atoms with Crippen molar-refractivity contribution >= 4 is 28.3 Å². The molecule has 148 valence electrons. The Kier molecular flexibility index (Phi) is 8.53. The topological polar surface area (TPSA) is 101 Å². The van der Waals surface area contributed by atoms with Crippen LogP contribution in [0.3, 0.4) is 0 Å². The number of carbonyl (C=O) groups excluding carboxylic acids is 1. The Morgan fingerprint density at radius 2 is 1.77 bits per heavy atom. The summed E-state index contributed by atoms with van der Waals surface area (Å²) in [6.07, 6.45) is 4.33. The van der Waals surface area contributed by atoms with E-state index in [4.69, 9.17) is 5.73 Å². The molecule has 0 atom stereocenters. The standard InChI is InChI=1S/C18H29N3O3S.ClH/c1-3-18(4-2,13-19)20-17(22)12-7-14-5-10-16(11-6-14)25(23,24)21-15-8-9-15;/h5-6,10-11,15,21H,3-4,7-9,12-13,19H2,1-2H3,(H,20,22);1H. The van der Waals surface area contributed by atoms with Crippen LogP contribution in [0.15, 0.2) is 29.2 Å². The highest BCUT2D eigenvalue weighted by atomic mass is 35.5. The maximum atomic E-state index is 12.2. The van der Waals surface area contributed by atoms with Crippen molar-refractivity contribution in [3.8, 4) is 0 Å². The summed E-state index contributed by atoms with van der Waals surface area (Å²) in [5.41, 5.74) is 6.41. The zero-order valence-corrected chi connectivity index (χ0v) is 17.1. The van der Waals surface area contributed by atoms with Gasteiger partial charge in [0.25, 0.3) is 0 Å². The van der Waals surface area contributed by atoms with E-state index in [1.807, 2.05) is 13.8 Å². The van der Waals surface area contributed by atoms with Gasteiger partial charge in [-0.3, -0.25) is 4.79 Å². The number of hydrogen-bond acceptors (Lipinski definition) is 4. The van der Waals surface area contributed by atoms with Crippen LogP contribution in [0, 0.1) is 0 Å². The molecule has 0 aliphatic heterocycles. The van der Waals surface area contributed by atoms with E-state index < -0.39 is 10.0 Å². The van der Waals surface area contributed by atoms with Crippen LogP contribution in [0.25, 0.3) is 0 Å². The van der Waals surface area contributed by atoms with Crippen LogP contribution in [-0.4, -0.2) is 32.5 Å². The molecule has 8 heteroatoms. The van der Waals surface area contributed by atoms with Crippen molar-refractivity contribution in [3.63, 3.8) is 0 Å². The molecule has 1 aliphatic carbocycles. The molecule has 2 rings (SSSR count). The Bertz CT molecular complexity index is 676. The van der Waals surface area contributed by atoms with Crippen molar-refractivity contribution in [2.75, 3.05) is 6.54 Å². The number of rotatable bonds is 10. The minimum atomic E-state index is -3.42. The normalized spacial score (nSPS) is 14.6. The number of hydrogen-bond donors (Lipinski definition) is 3. The first-order valence-electron chi connectivity index (χ1n) is 8.96. The van der Waals surface area contributed by atoms with Crippen LogP contribution in [-0.2, 0) is 21.2 Å². The monoisotopic (exact) mass is 403 g/mol. The zero-order valence-electron chi connectivity index (χ0n) is 15.5. The minimum absolute atomic E-state index is 0. The Balaban J connectivity index is 0.00000338. The van der Waals surface area contributed by atoms with Crippen LogP contribution in [0.1, 0.15) is 51.5 Å². The number of nitrogens with two attached hydrogens (primary N) is 1. The highest BCUT2D eigenvalue weighted by Crippen LogP contribution is 2.22. The number of halogens is 1. The van der Waals surface area contributed by atoms with Gasteiger partial charge in [-0.25, -0.2) is 13.1 Å². The molecule has 1 saturated carbocycles. The van der Waals surface area contributed by atoms with Crippen molar-refractivity contribution in [2.45, 2.75) is 68.8 Å². The van der Waals surface area contributed by atoms with E-state index >= 15 is 0 Å². The molecule has 1 fully saturated rings. The lowest BCUT2D eigenvalue weighted by molar-refractivity contribution is -0.123. The van der Waals surface area contributed by atoms with Gasteiger partial charge in [-0.2, -0.15) is 0 Å². The predicted molar refractivity (Wildman–Crippen MR) is 106 cm³/mol. The van der Waals surface area contributed by atoms with Crippen molar-refractivity contribution in [1.82, 2.24) is 10.0 Å². The molecule has 1 aliphatic rings. The lowest BCUT2D eigenvalue weighted by Gasteiger charge is -2.31. The molecule has 0 saturated heterocycles. The zero-order chi connectivity index (χ0) is 18.5. The van der Waals surface area contributed by atoms with Gasteiger partial charge in [0.1, 0.15) is 0 Å². The largest absolute Gasteiger partial charge is 0.349 e. The molecule has 0 bridgehead atoms. The van der Waals surface area contributed by atoms with Crippen molar-refractivity contribution in [2.24, 2.45) is 5.73 Å². The molecule has 6 nitrogen and oxygen atoms in total. The van der Waals surface area contributed by atoms with Gasteiger partial charge in [-0.05, 0) is 49.8 Å². The fourth-order valence-corrected chi connectivity index (χ4v) is 4.01. The van der Waals surface area contributed by atoms with Crippen LogP contribution in [0.2, 0.25) is 0 Å². The van der Waals surface area contributed by atoms with Gasteiger partial charge in [0.2, 0.25) is 15.9 Å². The Hall–Kier alpha value is -1.15. The molecule has 1 aromatic carbocycles. The first kappa shape index (κ1) is 22.9. The molecule has 0 spiro atoms. The minimum Gasteiger partial charge on any atom is -0.349 e.